The molecule has 22 heteroatoms. The molecular formula is C34H34F4N10O6S2. The van der Waals surface area contributed by atoms with Gasteiger partial charge in [-0.3, -0.25) is 9.59 Å². The van der Waals surface area contributed by atoms with Gasteiger partial charge in [-0.25, -0.2) is 47.5 Å². The zero-order valence-corrected chi connectivity index (χ0v) is 31.3. The minimum atomic E-state index is -0.920. The first-order valence-electron chi connectivity index (χ1n) is 16.5. The maximum atomic E-state index is 13.9. The van der Waals surface area contributed by atoms with Gasteiger partial charge < -0.3 is 39.9 Å². The van der Waals surface area contributed by atoms with E-state index in [-0.39, 0.29) is 64.0 Å². The molecule has 0 aliphatic carbocycles. The molecule has 296 valence electrons. The Morgan fingerprint density at radius 3 is 1.71 bits per heavy atom. The molecule has 0 saturated carbocycles. The van der Waals surface area contributed by atoms with E-state index < -0.39 is 40.7 Å². The summed E-state index contributed by atoms with van der Waals surface area (Å²) in [4.78, 5) is 53.6. The minimum absolute atomic E-state index is 0.0728. The van der Waals surface area contributed by atoms with Crippen LogP contribution in [0.5, 0.6) is 0 Å². The predicted octanol–water partition coefficient (Wildman–Crippen LogP) is 4.02. The van der Waals surface area contributed by atoms with E-state index in [1.54, 1.807) is 0 Å². The van der Waals surface area contributed by atoms with Crippen LogP contribution in [0, 0.1) is 23.3 Å². The number of fused-ring (bicyclic) bond motifs is 2. The van der Waals surface area contributed by atoms with Crippen molar-refractivity contribution in [1.82, 2.24) is 39.9 Å². The van der Waals surface area contributed by atoms with Crippen LogP contribution in [0.15, 0.2) is 68.7 Å². The van der Waals surface area contributed by atoms with Crippen LogP contribution in [0.1, 0.15) is 11.1 Å². The standard InChI is InChI=1S/2C17H17F2N5O3S/c1-26-12(27-2)7-21-15-14-16(22-11(25)6-20-14)24-17(23-15)28-8-9-4-3-5-10(18)13(9)19;18-11-3-1-2-10(13(11)19)9-28-17-23-15(20-4-6-27-7-5-25)14-16(24-17)22-12(26)8-21-14/h3-6,12H,7-8H2,1-2H3,(H2,21,22,23,24,25);1-3,8,25H,4-7,9H2,(H2,20,22,23,24,26). The topological polar surface area (TPSA) is 215 Å². The van der Waals surface area contributed by atoms with E-state index in [0.29, 0.717) is 35.8 Å². The molecule has 0 amide bonds. The number of aromatic nitrogens is 8. The SMILES string of the molecule is COC(CNc1nc(SCc2cccc(F)c2F)nc2[nH]c(=O)cnc12)OC.O=c1cnc2c(NCCOCCO)nc(SCc3cccc(F)c3F)nc2[nH]1. The second kappa shape index (κ2) is 20.6. The summed E-state index contributed by atoms with van der Waals surface area (Å²) in [5, 5.41) is 15.3. The largest absolute Gasteiger partial charge is 0.394 e. The van der Waals surface area contributed by atoms with Crippen LogP contribution in [0.4, 0.5) is 29.2 Å². The zero-order chi connectivity index (χ0) is 40.0. The number of benzene rings is 2. The van der Waals surface area contributed by atoms with Gasteiger partial charge in [0.25, 0.3) is 11.1 Å². The highest BCUT2D eigenvalue weighted by Crippen LogP contribution is 2.27. The molecule has 0 unspecified atom stereocenters. The maximum Gasteiger partial charge on any atom is 0.268 e. The van der Waals surface area contributed by atoms with Crippen LogP contribution < -0.4 is 21.8 Å². The Morgan fingerprint density at radius 1 is 0.732 bits per heavy atom. The average molecular weight is 819 g/mol. The lowest BCUT2D eigenvalue weighted by molar-refractivity contribution is -0.0914. The third-order valence-corrected chi connectivity index (χ3v) is 9.14. The van der Waals surface area contributed by atoms with Crippen LogP contribution in [-0.4, -0.2) is 98.4 Å². The molecule has 6 aromatic rings. The smallest absolute Gasteiger partial charge is 0.268 e. The van der Waals surface area contributed by atoms with Crippen LogP contribution in [0.3, 0.4) is 0 Å². The summed E-state index contributed by atoms with van der Waals surface area (Å²) < 4.78 is 69.8. The summed E-state index contributed by atoms with van der Waals surface area (Å²) in [5.74, 6) is -2.72. The third-order valence-electron chi connectivity index (χ3n) is 7.35. The van der Waals surface area contributed by atoms with Crippen LogP contribution in [0.25, 0.3) is 22.3 Å². The van der Waals surface area contributed by atoms with Gasteiger partial charge in [0, 0.05) is 43.4 Å². The van der Waals surface area contributed by atoms with Crippen molar-refractivity contribution >= 4 is 57.5 Å². The van der Waals surface area contributed by atoms with Gasteiger partial charge in [-0.05, 0) is 12.1 Å². The Kier molecular flexibility index (Phi) is 15.4. The molecule has 2 aromatic carbocycles. The van der Waals surface area contributed by atoms with Gasteiger partial charge in [0.1, 0.15) is 11.0 Å². The first-order chi connectivity index (χ1) is 27.1. The monoisotopic (exact) mass is 818 g/mol. The number of ether oxygens (including phenoxy) is 3. The summed E-state index contributed by atoms with van der Waals surface area (Å²) in [6.07, 6.45) is 1.72. The van der Waals surface area contributed by atoms with Gasteiger partial charge in [-0.15, -0.1) is 0 Å². The number of thioether (sulfide) groups is 2. The summed E-state index contributed by atoms with van der Waals surface area (Å²) in [6.45, 7) is 1.12. The highest BCUT2D eigenvalue weighted by Gasteiger charge is 2.16. The number of aliphatic hydroxyl groups is 1. The van der Waals surface area contributed by atoms with Crippen molar-refractivity contribution in [2.75, 3.05) is 57.8 Å². The van der Waals surface area contributed by atoms with E-state index in [0.717, 1.165) is 48.1 Å². The molecule has 0 fully saturated rings. The fraction of sp³-hybridized carbons (Fsp3) is 0.294. The number of H-pyrrole nitrogens is 2. The fourth-order valence-electron chi connectivity index (χ4n) is 4.66. The average Bonchev–Trinajstić information content (AvgIpc) is 3.19. The third kappa shape index (κ3) is 11.4. The van der Waals surface area contributed by atoms with Gasteiger partial charge in [0.15, 0.2) is 62.8 Å². The molecule has 0 bridgehead atoms. The van der Waals surface area contributed by atoms with E-state index in [9.17, 15) is 27.2 Å². The summed E-state index contributed by atoms with van der Waals surface area (Å²) in [5.41, 5.74) is 0.686. The Balaban J connectivity index is 0.000000214. The number of nitrogens with zero attached hydrogens (tertiary/aromatic N) is 6. The molecular weight excluding hydrogens is 785 g/mol. The first kappa shape index (κ1) is 41.9. The summed E-state index contributed by atoms with van der Waals surface area (Å²) >= 11 is 2.19. The number of halogens is 4. The molecule has 0 aliphatic heterocycles. The number of methoxy groups -OCH3 is 2. The van der Waals surface area contributed by atoms with Gasteiger partial charge in [-0.1, -0.05) is 47.8 Å². The Hall–Kier alpha value is -5.26. The van der Waals surface area contributed by atoms with Crippen molar-refractivity contribution in [3.63, 3.8) is 0 Å². The molecule has 5 N–H and O–H groups in total. The van der Waals surface area contributed by atoms with Crippen molar-refractivity contribution in [1.29, 1.82) is 0 Å². The molecule has 0 radical (unpaired) electrons. The molecule has 0 spiro atoms. The van der Waals surface area contributed by atoms with Gasteiger partial charge in [-0.2, -0.15) is 0 Å². The Bertz CT molecular complexity index is 2370. The quantitative estimate of drug-likeness (QED) is 0.0289. The van der Waals surface area contributed by atoms with Crippen molar-refractivity contribution in [2.24, 2.45) is 0 Å². The van der Waals surface area contributed by atoms with E-state index in [2.05, 4.69) is 50.5 Å². The second-order valence-corrected chi connectivity index (χ2v) is 13.0. The normalized spacial score (nSPS) is 11.2. The lowest BCUT2D eigenvalue weighted by atomic mass is 10.2. The molecule has 16 nitrogen and oxygen atoms in total. The number of hydrogen-bond donors (Lipinski definition) is 5. The van der Waals surface area contributed by atoms with Crippen molar-refractivity contribution in [3.8, 4) is 0 Å². The molecule has 4 heterocycles. The van der Waals surface area contributed by atoms with Crippen LogP contribution in [-0.2, 0) is 25.7 Å². The molecule has 6 rings (SSSR count). The van der Waals surface area contributed by atoms with Crippen molar-refractivity contribution in [2.45, 2.75) is 28.1 Å². The molecule has 0 saturated heterocycles. The van der Waals surface area contributed by atoms with E-state index in [4.69, 9.17) is 19.3 Å². The van der Waals surface area contributed by atoms with Crippen molar-refractivity contribution < 1.29 is 36.9 Å². The molecule has 56 heavy (non-hydrogen) atoms. The number of hydrogen-bond acceptors (Lipinski definition) is 16. The highest BCUT2D eigenvalue weighted by atomic mass is 32.2. The van der Waals surface area contributed by atoms with E-state index in [1.807, 2.05) is 0 Å². The van der Waals surface area contributed by atoms with Crippen molar-refractivity contribution in [3.05, 3.63) is 104 Å². The maximum absolute atomic E-state index is 13.9. The number of aliphatic hydroxyl groups excluding tert-OH is 1. The van der Waals surface area contributed by atoms with Gasteiger partial charge in [0.05, 0.1) is 38.8 Å². The van der Waals surface area contributed by atoms with Crippen LogP contribution >= 0.6 is 23.5 Å². The number of nitrogens with one attached hydrogen (secondary N) is 4. The zero-order valence-electron chi connectivity index (χ0n) is 29.6. The number of rotatable bonds is 17. The predicted molar refractivity (Wildman–Crippen MR) is 200 cm³/mol. The van der Waals surface area contributed by atoms with Gasteiger partial charge in [0.2, 0.25) is 0 Å². The second-order valence-electron chi connectivity index (χ2n) is 11.1. The van der Waals surface area contributed by atoms with Gasteiger partial charge >= 0.3 is 0 Å². The summed E-state index contributed by atoms with van der Waals surface area (Å²) in [7, 11) is 3.00. The van der Waals surface area contributed by atoms with Crippen LogP contribution in [0.2, 0.25) is 0 Å². The molecule has 4 aromatic heterocycles. The minimum Gasteiger partial charge on any atom is -0.394 e. The Morgan fingerprint density at radius 2 is 1.23 bits per heavy atom. The molecule has 0 atom stereocenters. The van der Waals surface area contributed by atoms with E-state index >= 15 is 0 Å². The lowest BCUT2D eigenvalue weighted by Crippen LogP contribution is -2.24. The Labute approximate surface area is 323 Å². The highest BCUT2D eigenvalue weighted by molar-refractivity contribution is 7.98. The van der Waals surface area contributed by atoms with E-state index in [1.165, 1.54) is 38.5 Å². The summed E-state index contributed by atoms with van der Waals surface area (Å²) in [6, 6.07) is 7.92. The number of aromatic amines is 2. The molecule has 0 aliphatic rings. The lowest BCUT2D eigenvalue weighted by Gasteiger charge is -2.15. The number of anilines is 2. The fourth-order valence-corrected chi connectivity index (χ4v) is 6.30. The first-order valence-corrected chi connectivity index (χ1v) is 18.4.